The summed E-state index contributed by atoms with van der Waals surface area (Å²) in [6.07, 6.45) is 5.02. The quantitative estimate of drug-likeness (QED) is 0.713. The fraction of sp³-hybridized carbons (Fsp3) is 0.571. The normalized spacial score (nSPS) is 25.8. The number of benzene rings is 1. The first-order valence-electron chi connectivity index (χ1n) is 10.3. The van der Waals surface area contributed by atoms with Gasteiger partial charge >= 0.3 is 6.03 Å². The third-order valence-electron chi connectivity index (χ3n) is 6.00. The number of hydrogen-bond acceptors (Lipinski definition) is 5. The smallest absolute Gasteiger partial charge is 0.325 e. The average Bonchev–Trinajstić information content (AvgIpc) is 3.27. The molecule has 1 aromatic carbocycles. The Morgan fingerprint density at radius 2 is 2.00 bits per heavy atom. The molecule has 0 aromatic heterocycles. The van der Waals surface area contributed by atoms with Crippen molar-refractivity contribution < 1.29 is 23.9 Å². The van der Waals surface area contributed by atoms with Crippen LogP contribution in [0.4, 0.5) is 4.79 Å². The van der Waals surface area contributed by atoms with Crippen molar-refractivity contribution in [3.05, 3.63) is 23.8 Å². The van der Waals surface area contributed by atoms with Crippen LogP contribution in [0.5, 0.6) is 11.5 Å². The van der Waals surface area contributed by atoms with E-state index < -0.39 is 12.1 Å². The lowest BCUT2D eigenvalue weighted by molar-refractivity contribution is -0.128. The lowest BCUT2D eigenvalue weighted by Gasteiger charge is -2.29. The number of hydrogen-bond donors (Lipinski definition) is 2. The molecule has 4 amide bonds. The van der Waals surface area contributed by atoms with Crippen LogP contribution < -0.4 is 20.1 Å². The summed E-state index contributed by atoms with van der Waals surface area (Å²) in [5.41, 5.74) is 0.780. The molecule has 0 unspecified atom stereocenters. The Kier molecular flexibility index (Phi) is 5.60. The van der Waals surface area contributed by atoms with Crippen molar-refractivity contribution in [1.29, 1.82) is 0 Å². The number of carbonyl (C=O) groups is 3. The molecule has 3 atom stereocenters. The molecule has 8 heteroatoms. The van der Waals surface area contributed by atoms with Gasteiger partial charge < -0.3 is 20.1 Å². The minimum atomic E-state index is -0.661. The van der Waals surface area contributed by atoms with Gasteiger partial charge in [0.2, 0.25) is 12.7 Å². The van der Waals surface area contributed by atoms with Gasteiger partial charge in [-0.1, -0.05) is 25.8 Å². The van der Waals surface area contributed by atoms with Crippen LogP contribution in [-0.4, -0.2) is 41.6 Å². The van der Waals surface area contributed by atoms with E-state index in [9.17, 15) is 14.4 Å². The standard InChI is InChI=1S/C21H27N3O5/c1-13-4-2-3-5-15(13)22-19(25)9-7-16-20(26)24(21(27)23-16)11-14-6-8-17-18(10-14)29-12-28-17/h6,8,10,13,15-16H,2-5,7,9,11-12H2,1H3,(H,22,25)(H,23,27)/t13-,15+,16+/m1/s1. The second kappa shape index (κ2) is 8.31. The van der Waals surface area contributed by atoms with E-state index in [1.165, 1.54) is 11.3 Å². The minimum Gasteiger partial charge on any atom is -0.454 e. The number of carbonyl (C=O) groups excluding carboxylic acids is 3. The molecule has 4 rings (SSSR count). The van der Waals surface area contributed by atoms with Gasteiger partial charge in [-0.15, -0.1) is 0 Å². The molecule has 1 aliphatic carbocycles. The van der Waals surface area contributed by atoms with Gasteiger partial charge in [0.15, 0.2) is 11.5 Å². The molecule has 3 aliphatic rings. The molecule has 2 fully saturated rings. The van der Waals surface area contributed by atoms with E-state index in [0.717, 1.165) is 24.8 Å². The molecule has 0 spiro atoms. The third kappa shape index (κ3) is 4.31. The van der Waals surface area contributed by atoms with Crippen molar-refractivity contribution in [2.24, 2.45) is 5.92 Å². The Morgan fingerprint density at radius 3 is 2.83 bits per heavy atom. The van der Waals surface area contributed by atoms with Crippen molar-refractivity contribution in [2.75, 3.05) is 6.79 Å². The van der Waals surface area contributed by atoms with Crippen LogP contribution in [0.25, 0.3) is 0 Å². The van der Waals surface area contributed by atoms with E-state index in [0.29, 0.717) is 23.8 Å². The van der Waals surface area contributed by atoms with Gasteiger partial charge in [0.05, 0.1) is 6.54 Å². The molecule has 2 N–H and O–H groups in total. The highest BCUT2D eigenvalue weighted by molar-refractivity contribution is 6.04. The van der Waals surface area contributed by atoms with Crippen LogP contribution in [0.2, 0.25) is 0 Å². The van der Waals surface area contributed by atoms with Gasteiger partial charge in [-0.25, -0.2) is 4.79 Å². The van der Waals surface area contributed by atoms with Gasteiger partial charge in [-0.2, -0.15) is 0 Å². The van der Waals surface area contributed by atoms with Crippen LogP contribution in [-0.2, 0) is 16.1 Å². The third-order valence-corrected chi connectivity index (χ3v) is 6.00. The average molecular weight is 401 g/mol. The lowest BCUT2D eigenvalue weighted by Crippen LogP contribution is -2.41. The molecule has 1 saturated carbocycles. The summed E-state index contributed by atoms with van der Waals surface area (Å²) in [7, 11) is 0. The second-order valence-corrected chi connectivity index (χ2v) is 8.09. The first-order valence-corrected chi connectivity index (χ1v) is 10.3. The fourth-order valence-corrected chi connectivity index (χ4v) is 4.23. The first-order chi connectivity index (χ1) is 14.0. The van der Waals surface area contributed by atoms with Gasteiger partial charge in [0, 0.05) is 12.5 Å². The maximum atomic E-state index is 12.7. The Balaban J connectivity index is 1.29. The monoisotopic (exact) mass is 401 g/mol. The van der Waals surface area contributed by atoms with E-state index in [1.54, 1.807) is 18.2 Å². The first kappa shape index (κ1) is 19.5. The summed E-state index contributed by atoms with van der Waals surface area (Å²) in [6.45, 7) is 2.49. The summed E-state index contributed by atoms with van der Waals surface area (Å²) < 4.78 is 10.6. The molecule has 156 valence electrons. The highest BCUT2D eigenvalue weighted by atomic mass is 16.7. The van der Waals surface area contributed by atoms with Gasteiger partial charge in [-0.05, 0) is 42.9 Å². The maximum absolute atomic E-state index is 12.7. The second-order valence-electron chi connectivity index (χ2n) is 8.09. The van der Waals surface area contributed by atoms with Gasteiger partial charge in [-0.3, -0.25) is 14.5 Å². The molecular formula is C21H27N3O5. The number of urea groups is 1. The van der Waals surface area contributed by atoms with E-state index in [1.807, 2.05) is 0 Å². The zero-order valence-corrected chi connectivity index (χ0v) is 16.6. The van der Waals surface area contributed by atoms with Crippen molar-refractivity contribution in [2.45, 2.75) is 64.1 Å². The molecule has 1 aromatic rings. The Labute approximate surface area is 169 Å². The Bertz CT molecular complexity index is 812. The van der Waals surface area contributed by atoms with Gasteiger partial charge in [0.1, 0.15) is 6.04 Å². The number of ether oxygens (including phenoxy) is 2. The molecule has 0 radical (unpaired) electrons. The largest absolute Gasteiger partial charge is 0.454 e. The predicted molar refractivity (Wildman–Crippen MR) is 104 cm³/mol. The summed E-state index contributed by atoms with van der Waals surface area (Å²) >= 11 is 0. The van der Waals surface area contributed by atoms with Crippen LogP contribution in [0.1, 0.15) is 51.0 Å². The number of nitrogens with zero attached hydrogens (tertiary/aromatic N) is 1. The highest BCUT2D eigenvalue weighted by Crippen LogP contribution is 2.33. The van der Waals surface area contributed by atoms with Crippen molar-refractivity contribution in [3.8, 4) is 11.5 Å². The van der Waals surface area contributed by atoms with Crippen LogP contribution in [0, 0.1) is 5.92 Å². The van der Waals surface area contributed by atoms with Crippen molar-refractivity contribution >= 4 is 17.8 Å². The summed E-state index contributed by atoms with van der Waals surface area (Å²) in [6, 6.07) is 4.47. The zero-order valence-electron chi connectivity index (χ0n) is 16.6. The van der Waals surface area contributed by atoms with Crippen LogP contribution in [0.3, 0.4) is 0 Å². The maximum Gasteiger partial charge on any atom is 0.325 e. The number of amides is 4. The van der Waals surface area contributed by atoms with E-state index >= 15 is 0 Å². The SMILES string of the molecule is C[C@@H]1CCCC[C@@H]1NC(=O)CC[C@@H]1NC(=O)N(Cc2ccc3c(c2)OCO3)C1=O. The van der Waals surface area contributed by atoms with E-state index in [2.05, 4.69) is 17.6 Å². The summed E-state index contributed by atoms with van der Waals surface area (Å²) in [5, 5.41) is 5.79. The molecule has 29 heavy (non-hydrogen) atoms. The molecule has 0 bridgehead atoms. The molecule has 2 aliphatic heterocycles. The van der Waals surface area contributed by atoms with E-state index in [-0.39, 0.29) is 37.6 Å². The van der Waals surface area contributed by atoms with Crippen LogP contribution >= 0.6 is 0 Å². The number of rotatable bonds is 6. The van der Waals surface area contributed by atoms with Crippen molar-refractivity contribution in [1.82, 2.24) is 15.5 Å². The Hall–Kier alpha value is -2.77. The van der Waals surface area contributed by atoms with Crippen LogP contribution in [0.15, 0.2) is 18.2 Å². The number of fused-ring (bicyclic) bond motifs is 1. The zero-order chi connectivity index (χ0) is 20.4. The molecule has 8 nitrogen and oxygen atoms in total. The Morgan fingerprint density at radius 1 is 1.21 bits per heavy atom. The number of imide groups is 1. The summed E-state index contributed by atoms with van der Waals surface area (Å²) in [5.74, 6) is 1.39. The lowest BCUT2D eigenvalue weighted by atomic mass is 9.86. The molecule has 2 heterocycles. The molecular weight excluding hydrogens is 374 g/mol. The predicted octanol–water partition coefficient (Wildman–Crippen LogP) is 2.31. The summed E-state index contributed by atoms with van der Waals surface area (Å²) in [4.78, 5) is 38.4. The van der Waals surface area contributed by atoms with E-state index in [4.69, 9.17) is 9.47 Å². The van der Waals surface area contributed by atoms with Gasteiger partial charge in [0.25, 0.3) is 5.91 Å². The topological polar surface area (TPSA) is 97.0 Å². The molecule has 1 saturated heterocycles. The fourth-order valence-electron chi connectivity index (χ4n) is 4.23. The highest BCUT2D eigenvalue weighted by Gasteiger charge is 2.38. The minimum absolute atomic E-state index is 0.0555. The number of nitrogens with one attached hydrogen (secondary N) is 2. The van der Waals surface area contributed by atoms with Crippen molar-refractivity contribution in [3.63, 3.8) is 0 Å².